The molecule has 2 atom stereocenters. The maximum Gasteiger partial charge on any atom is 0.475 e. The second kappa shape index (κ2) is 6.55. The number of hydrogen-bond acceptors (Lipinski definition) is 4. The van der Waals surface area contributed by atoms with Crippen LogP contribution in [0.5, 0.6) is 0 Å². The molecule has 0 unspecified atom stereocenters. The SMILES string of the molecule is CCOP(=O)(OCC)O[C@@H]1CC=C[C@H]1CC. The van der Waals surface area contributed by atoms with E-state index in [0.717, 1.165) is 12.8 Å². The van der Waals surface area contributed by atoms with E-state index in [2.05, 4.69) is 19.1 Å². The van der Waals surface area contributed by atoms with Gasteiger partial charge in [-0.05, 0) is 26.7 Å². The van der Waals surface area contributed by atoms with Crippen LogP contribution in [0.25, 0.3) is 0 Å². The van der Waals surface area contributed by atoms with Crippen molar-refractivity contribution >= 4 is 7.82 Å². The van der Waals surface area contributed by atoms with Gasteiger partial charge < -0.3 is 0 Å². The van der Waals surface area contributed by atoms with Crippen LogP contribution in [0.3, 0.4) is 0 Å². The van der Waals surface area contributed by atoms with Gasteiger partial charge >= 0.3 is 7.82 Å². The summed E-state index contributed by atoms with van der Waals surface area (Å²) >= 11 is 0. The van der Waals surface area contributed by atoms with E-state index < -0.39 is 7.82 Å². The molecule has 0 aromatic heterocycles. The smallest absolute Gasteiger partial charge is 0.287 e. The van der Waals surface area contributed by atoms with Crippen LogP contribution in [-0.2, 0) is 18.1 Å². The van der Waals surface area contributed by atoms with Gasteiger partial charge in [0.1, 0.15) is 0 Å². The van der Waals surface area contributed by atoms with E-state index in [1.165, 1.54) is 0 Å². The first-order valence-electron chi connectivity index (χ1n) is 5.89. The van der Waals surface area contributed by atoms with Crippen LogP contribution in [0, 0.1) is 5.92 Å². The fraction of sp³-hybridized carbons (Fsp3) is 0.818. The largest absolute Gasteiger partial charge is 0.475 e. The lowest BCUT2D eigenvalue weighted by atomic mass is 10.0. The molecule has 5 heteroatoms. The van der Waals surface area contributed by atoms with E-state index in [9.17, 15) is 4.57 Å². The van der Waals surface area contributed by atoms with Crippen molar-refractivity contribution in [3.05, 3.63) is 12.2 Å². The Morgan fingerprint density at radius 1 is 1.25 bits per heavy atom. The molecule has 0 fully saturated rings. The predicted octanol–water partition coefficient (Wildman–Crippen LogP) is 3.54. The zero-order valence-electron chi connectivity index (χ0n) is 10.2. The van der Waals surface area contributed by atoms with Gasteiger partial charge in [0.05, 0.1) is 19.3 Å². The minimum atomic E-state index is -3.36. The molecule has 4 nitrogen and oxygen atoms in total. The first-order valence-corrected chi connectivity index (χ1v) is 7.35. The lowest BCUT2D eigenvalue weighted by Gasteiger charge is -2.23. The molecule has 0 radical (unpaired) electrons. The van der Waals surface area contributed by atoms with Crippen LogP contribution in [0.2, 0.25) is 0 Å². The van der Waals surface area contributed by atoms with Gasteiger partial charge in [0.15, 0.2) is 0 Å². The summed E-state index contributed by atoms with van der Waals surface area (Å²) < 4.78 is 27.9. The Kier molecular flexibility index (Phi) is 5.70. The Hall–Kier alpha value is -0.150. The summed E-state index contributed by atoms with van der Waals surface area (Å²) in [5.74, 6) is 0.314. The summed E-state index contributed by atoms with van der Waals surface area (Å²) in [7, 11) is -3.36. The van der Waals surface area contributed by atoms with Crippen LogP contribution in [0.15, 0.2) is 12.2 Å². The number of phosphoric acid groups is 1. The third-order valence-corrected chi connectivity index (χ3v) is 4.22. The van der Waals surface area contributed by atoms with E-state index in [1.807, 2.05) is 0 Å². The third-order valence-electron chi connectivity index (χ3n) is 2.54. The molecule has 0 spiro atoms. The second-order valence-electron chi connectivity index (χ2n) is 3.66. The highest BCUT2D eigenvalue weighted by Gasteiger charge is 2.33. The number of hydrogen-bond donors (Lipinski definition) is 0. The Labute approximate surface area is 97.6 Å². The standard InChI is InChI=1S/C11H21O4P/c1-4-10-8-7-9-11(10)15-16(12,13-5-2)14-6-3/h7-8,10-11H,4-6,9H2,1-3H3/t10-,11-/m1/s1. The molecule has 1 aliphatic rings. The maximum absolute atomic E-state index is 12.1. The van der Waals surface area contributed by atoms with Gasteiger partial charge in [-0.3, -0.25) is 13.6 Å². The summed E-state index contributed by atoms with van der Waals surface area (Å²) in [6, 6.07) is 0. The van der Waals surface area contributed by atoms with E-state index in [-0.39, 0.29) is 6.10 Å². The summed E-state index contributed by atoms with van der Waals surface area (Å²) in [5, 5.41) is 0. The molecule has 0 saturated heterocycles. The van der Waals surface area contributed by atoms with E-state index in [1.54, 1.807) is 13.8 Å². The summed E-state index contributed by atoms with van der Waals surface area (Å²) in [4.78, 5) is 0. The highest BCUT2D eigenvalue weighted by atomic mass is 31.2. The highest BCUT2D eigenvalue weighted by molar-refractivity contribution is 7.48. The Morgan fingerprint density at radius 2 is 1.88 bits per heavy atom. The first kappa shape index (κ1) is 13.9. The molecule has 0 saturated carbocycles. The van der Waals surface area contributed by atoms with Crippen molar-refractivity contribution in [1.29, 1.82) is 0 Å². The third kappa shape index (κ3) is 3.70. The van der Waals surface area contributed by atoms with Gasteiger partial charge in [-0.15, -0.1) is 0 Å². The molecule has 1 rings (SSSR count). The van der Waals surface area contributed by atoms with Crippen LogP contribution in [0.4, 0.5) is 0 Å². The lowest BCUT2D eigenvalue weighted by Crippen LogP contribution is -2.18. The summed E-state index contributed by atoms with van der Waals surface area (Å²) in [5.41, 5.74) is 0. The van der Waals surface area contributed by atoms with Crippen molar-refractivity contribution in [3.8, 4) is 0 Å². The maximum atomic E-state index is 12.1. The van der Waals surface area contributed by atoms with Crippen molar-refractivity contribution in [2.24, 2.45) is 5.92 Å². The minimum Gasteiger partial charge on any atom is -0.287 e. The van der Waals surface area contributed by atoms with E-state index in [4.69, 9.17) is 13.6 Å². The fourth-order valence-electron chi connectivity index (χ4n) is 1.79. The predicted molar refractivity (Wildman–Crippen MR) is 63.3 cm³/mol. The van der Waals surface area contributed by atoms with E-state index in [0.29, 0.717) is 19.1 Å². The monoisotopic (exact) mass is 248 g/mol. The van der Waals surface area contributed by atoms with Gasteiger partial charge in [-0.2, -0.15) is 0 Å². The highest BCUT2D eigenvalue weighted by Crippen LogP contribution is 2.52. The minimum absolute atomic E-state index is 0.0751. The van der Waals surface area contributed by atoms with Crippen LogP contribution in [-0.4, -0.2) is 19.3 Å². The van der Waals surface area contributed by atoms with Crippen molar-refractivity contribution in [1.82, 2.24) is 0 Å². The zero-order valence-corrected chi connectivity index (χ0v) is 11.1. The molecule has 0 aromatic rings. The Balaban J connectivity index is 2.58. The molecule has 0 amide bonds. The summed E-state index contributed by atoms with van der Waals surface area (Å²) in [6.45, 7) is 6.30. The van der Waals surface area contributed by atoms with Crippen molar-refractivity contribution in [2.45, 2.75) is 39.7 Å². The lowest BCUT2D eigenvalue weighted by molar-refractivity contribution is 0.0702. The molecule has 0 aliphatic heterocycles. The Bertz CT molecular complexity index is 267. The van der Waals surface area contributed by atoms with Gasteiger partial charge in [-0.1, -0.05) is 19.1 Å². The molecule has 94 valence electrons. The molecule has 0 aromatic carbocycles. The number of rotatable bonds is 7. The van der Waals surface area contributed by atoms with Gasteiger partial charge in [-0.25, -0.2) is 4.57 Å². The van der Waals surface area contributed by atoms with Gasteiger partial charge in [0.25, 0.3) is 0 Å². The first-order chi connectivity index (χ1) is 7.65. The van der Waals surface area contributed by atoms with E-state index >= 15 is 0 Å². The van der Waals surface area contributed by atoms with Crippen molar-refractivity contribution in [2.75, 3.05) is 13.2 Å². The van der Waals surface area contributed by atoms with Crippen molar-refractivity contribution in [3.63, 3.8) is 0 Å². The normalized spacial score (nSPS) is 25.2. The zero-order chi connectivity index (χ0) is 12.0. The molecule has 0 heterocycles. The quantitative estimate of drug-likeness (QED) is 0.510. The number of phosphoric ester groups is 1. The molecule has 16 heavy (non-hydrogen) atoms. The van der Waals surface area contributed by atoms with Crippen LogP contribution >= 0.6 is 7.82 Å². The molecule has 0 bridgehead atoms. The van der Waals surface area contributed by atoms with Crippen LogP contribution in [0.1, 0.15) is 33.6 Å². The molecular weight excluding hydrogens is 227 g/mol. The van der Waals surface area contributed by atoms with Crippen molar-refractivity contribution < 1.29 is 18.1 Å². The second-order valence-corrected chi connectivity index (χ2v) is 5.28. The topological polar surface area (TPSA) is 44.8 Å². The average molecular weight is 248 g/mol. The average Bonchev–Trinajstić information content (AvgIpc) is 2.65. The Morgan fingerprint density at radius 3 is 2.38 bits per heavy atom. The molecule has 0 N–H and O–H groups in total. The molecule has 1 aliphatic carbocycles. The molecular formula is C11H21O4P. The summed E-state index contributed by atoms with van der Waals surface area (Å²) in [6.07, 6.45) is 5.84. The van der Waals surface area contributed by atoms with Gasteiger partial charge in [0, 0.05) is 5.92 Å². The van der Waals surface area contributed by atoms with Crippen LogP contribution < -0.4 is 0 Å². The van der Waals surface area contributed by atoms with Gasteiger partial charge in [0.2, 0.25) is 0 Å². The fourth-order valence-corrected chi connectivity index (χ4v) is 3.19.